The van der Waals surface area contributed by atoms with Crippen LogP contribution in [0.3, 0.4) is 0 Å². The van der Waals surface area contributed by atoms with Gasteiger partial charge in [-0.3, -0.25) is 14.3 Å². The van der Waals surface area contributed by atoms with E-state index < -0.39 is 0 Å². The molecule has 2 aromatic carbocycles. The molecule has 2 heterocycles. The Bertz CT molecular complexity index is 1230. The summed E-state index contributed by atoms with van der Waals surface area (Å²) in [6.07, 6.45) is 3.50. The lowest BCUT2D eigenvalue weighted by Crippen LogP contribution is -2.22. The second kappa shape index (κ2) is 9.03. The number of carbonyl (C=O) groups is 1. The summed E-state index contributed by atoms with van der Waals surface area (Å²) in [4.78, 5) is 23.1. The molecule has 0 unspecified atom stereocenters. The van der Waals surface area contributed by atoms with Crippen molar-refractivity contribution in [3.63, 3.8) is 0 Å². The summed E-state index contributed by atoms with van der Waals surface area (Å²) in [6.45, 7) is 5.62. The Labute approximate surface area is 188 Å². The number of nitrogens with zero attached hydrogens (tertiary/aromatic N) is 4. The minimum atomic E-state index is -0.290. The maximum absolute atomic E-state index is 13.6. The Balaban J connectivity index is 1.52. The van der Waals surface area contributed by atoms with Crippen LogP contribution in [0.25, 0.3) is 5.69 Å². The van der Waals surface area contributed by atoms with Gasteiger partial charge in [-0.05, 0) is 55.3 Å². The molecule has 4 aromatic rings. The number of hydrogen-bond donors (Lipinski definition) is 0. The highest BCUT2D eigenvalue weighted by Crippen LogP contribution is 2.32. The van der Waals surface area contributed by atoms with Crippen molar-refractivity contribution in [3.8, 4) is 5.69 Å². The van der Waals surface area contributed by atoms with E-state index in [0.717, 1.165) is 27.8 Å². The van der Waals surface area contributed by atoms with E-state index in [0.29, 0.717) is 10.9 Å². The summed E-state index contributed by atoms with van der Waals surface area (Å²) in [6, 6.07) is 12.4. The second-order valence-corrected chi connectivity index (χ2v) is 8.87. The van der Waals surface area contributed by atoms with Gasteiger partial charge in [-0.15, -0.1) is 11.3 Å². The van der Waals surface area contributed by atoms with Crippen molar-refractivity contribution in [3.05, 3.63) is 82.9 Å². The number of halogens is 1. The van der Waals surface area contributed by atoms with Gasteiger partial charge in [0.25, 0.3) is 0 Å². The minimum absolute atomic E-state index is 0.0848. The summed E-state index contributed by atoms with van der Waals surface area (Å²) >= 11 is 2.95. The number of imidazole rings is 1. The van der Waals surface area contributed by atoms with Crippen LogP contribution in [-0.2, 0) is 10.5 Å². The molecule has 0 atom stereocenters. The van der Waals surface area contributed by atoms with E-state index >= 15 is 0 Å². The summed E-state index contributed by atoms with van der Waals surface area (Å²) in [7, 11) is 0. The number of carbonyl (C=O) groups excluding carboxylic acids is 1. The van der Waals surface area contributed by atoms with Gasteiger partial charge in [0, 0.05) is 30.5 Å². The molecule has 0 aliphatic heterocycles. The van der Waals surface area contributed by atoms with E-state index in [1.165, 1.54) is 40.8 Å². The minimum Gasteiger partial charge on any atom is -0.295 e. The van der Waals surface area contributed by atoms with E-state index in [9.17, 15) is 9.18 Å². The maximum Gasteiger partial charge on any atom is 0.230 e. The lowest BCUT2D eigenvalue weighted by Gasteiger charge is -2.19. The molecule has 0 aliphatic rings. The molecule has 0 aliphatic carbocycles. The van der Waals surface area contributed by atoms with Crippen molar-refractivity contribution in [2.24, 2.45) is 0 Å². The molecule has 2 aromatic heterocycles. The molecule has 158 valence electrons. The van der Waals surface area contributed by atoms with Gasteiger partial charge in [0.1, 0.15) is 5.82 Å². The topological polar surface area (TPSA) is 51.0 Å². The molecule has 0 saturated carbocycles. The van der Waals surface area contributed by atoms with Gasteiger partial charge in [-0.25, -0.2) is 14.4 Å². The predicted octanol–water partition coefficient (Wildman–Crippen LogP) is 6.06. The smallest absolute Gasteiger partial charge is 0.230 e. The molecule has 0 spiro atoms. The molecule has 1 amide bonds. The highest BCUT2D eigenvalue weighted by molar-refractivity contribution is 7.98. The molecule has 0 bridgehead atoms. The molecule has 0 N–H and O–H groups in total. The third-order valence-electron chi connectivity index (χ3n) is 4.84. The zero-order chi connectivity index (χ0) is 22.0. The number of thiazole rings is 1. The first kappa shape index (κ1) is 21.3. The Hall–Kier alpha value is -2.97. The number of thioether (sulfide) groups is 1. The molecule has 0 fully saturated rings. The Morgan fingerprint density at radius 3 is 2.77 bits per heavy atom. The third kappa shape index (κ3) is 4.70. The largest absolute Gasteiger partial charge is 0.295 e. The van der Waals surface area contributed by atoms with Gasteiger partial charge in [0.05, 0.1) is 17.1 Å². The van der Waals surface area contributed by atoms with Crippen molar-refractivity contribution in [2.45, 2.75) is 31.7 Å². The Morgan fingerprint density at radius 1 is 1.19 bits per heavy atom. The molecule has 5 nitrogen and oxygen atoms in total. The van der Waals surface area contributed by atoms with Crippen LogP contribution in [0.15, 0.2) is 65.4 Å². The summed E-state index contributed by atoms with van der Waals surface area (Å²) < 4.78 is 15.4. The van der Waals surface area contributed by atoms with E-state index in [4.69, 9.17) is 0 Å². The summed E-state index contributed by atoms with van der Waals surface area (Å²) in [5, 5.41) is 3.34. The Morgan fingerprint density at radius 2 is 2.03 bits per heavy atom. The molecule has 0 saturated heterocycles. The van der Waals surface area contributed by atoms with Crippen LogP contribution in [0, 0.1) is 19.7 Å². The highest BCUT2D eigenvalue weighted by atomic mass is 32.2. The van der Waals surface area contributed by atoms with Crippen LogP contribution >= 0.6 is 23.1 Å². The quantitative estimate of drug-likeness (QED) is 0.334. The SMILES string of the molecule is CC(=O)N(c1ccc(C)c(C)c1)c1nc(CSc2nccn2-c2cccc(F)c2)cs1. The van der Waals surface area contributed by atoms with E-state index in [2.05, 4.69) is 9.97 Å². The maximum atomic E-state index is 13.6. The van der Waals surface area contributed by atoms with Crippen LogP contribution < -0.4 is 4.90 Å². The zero-order valence-electron chi connectivity index (χ0n) is 17.4. The highest BCUT2D eigenvalue weighted by Gasteiger charge is 2.19. The Kier molecular flexibility index (Phi) is 6.20. The number of benzene rings is 2. The van der Waals surface area contributed by atoms with Gasteiger partial charge < -0.3 is 0 Å². The summed E-state index contributed by atoms with van der Waals surface area (Å²) in [5.41, 5.74) is 4.69. The van der Waals surface area contributed by atoms with Crippen LogP contribution in [0.2, 0.25) is 0 Å². The summed E-state index contributed by atoms with van der Waals surface area (Å²) in [5.74, 6) is 0.210. The van der Waals surface area contributed by atoms with Crippen LogP contribution in [0.1, 0.15) is 23.7 Å². The lowest BCUT2D eigenvalue weighted by molar-refractivity contribution is -0.115. The van der Waals surface area contributed by atoms with Crippen LogP contribution in [-0.4, -0.2) is 20.4 Å². The fraction of sp³-hybridized carbons (Fsp3) is 0.174. The zero-order valence-corrected chi connectivity index (χ0v) is 19.0. The standard InChI is InChI=1S/C23H21FN4OS2/c1-15-7-8-21(11-16(15)2)28(17(3)29)23-26-19(14-31-23)13-30-22-25-9-10-27(22)20-6-4-5-18(24)12-20/h4-12,14H,13H2,1-3H3. The van der Waals surface area contributed by atoms with E-state index in [1.54, 1.807) is 30.3 Å². The van der Waals surface area contributed by atoms with Crippen molar-refractivity contribution >= 4 is 39.8 Å². The number of amides is 1. The van der Waals surface area contributed by atoms with Gasteiger partial charge >= 0.3 is 0 Å². The normalized spacial score (nSPS) is 11.0. The van der Waals surface area contributed by atoms with Crippen molar-refractivity contribution in [1.82, 2.24) is 14.5 Å². The van der Waals surface area contributed by atoms with Crippen LogP contribution in [0.5, 0.6) is 0 Å². The van der Waals surface area contributed by atoms with Crippen molar-refractivity contribution < 1.29 is 9.18 Å². The average molecular weight is 453 g/mol. The molecular formula is C23H21FN4OS2. The lowest BCUT2D eigenvalue weighted by atomic mass is 10.1. The van der Waals surface area contributed by atoms with Gasteiger partial charge in [0.15, 0.2) is 10.3 Å². The third-order valence-corrected chi connectivity index (χ3v) is 6.71. The fourth-order valence-corrected chi connectivity index (χ4v) is 4.97. The van der Waals surface area contributed by atoms with Crippen molar-refractivity contribution in [2.75, 3.05) is 4.90 Å². The first-order valence-electron chi connectivity index (χ1n) is 9.67. The number of hydrogen-bond acceptors (Lipinski definition) is 5. The number of aryl methyl sites for hydroxylation is 2. The number of rotatable bonds is 6. The molecule has 31 heavy (non-hydrogen) atoms. The van der Waals surface area contributed by atoms with Crippen molar-refractivity contribution in [1.29, 1.82) is 0 Å². The molecule has 4 rings (SSSR count). The average Bonchev–Trinajstić information content (AvgIpc) is 3.38. The molecule has 0 radical (unpaired) electrons. The van der Waals surface area contributed by atoms with Crippen LogP contribution in [0.4, 0.5) is 15.2 Å². The van der Waals surface area contributed by atoms with Gasteiger partial charge in [-0.2, -0.15) is 0 Å². The van der Waals surface area contributed by atoms with Gasteiger partial charge in [0.2, 0.25) is 5.91 Å². The second-order valence-electron chi connectivity index (χ2n) is 7.09. The van der Waals surface area contributed by atoms with E-state index in [-0.39, 0.29) is 11.7 Å². The first-order valence-corrected chi connectivity index (χ1v) is 11.5. The molecular weight excluding hydrogens is 431 g/mol. The first-order chi connectivity index (χ1) is 14.9. The monoisotopic (exact) mass is 452 g/mol. The number of aromatic nitrogens is 3. The van der Waals surface area contributed by atoms with Gasteiger partial charge in [-0.1, -0.05) is 23.9 Å². The fourth-order valence-electron chi connectivity index (χ4n) is 3.11. The number of anilines is 2. The molecule has 8 heteroatoms. The van der Waals surface area contributed by atoms with E-state index in [1.807, 2.05) is 48.1 Å². The predicted molar refractivity (Wildman–Crippen MR) is 124 cm³/mol.